The van der Waals surface area contributed by atoms with Crippen LogP contribution in [0.1, 0.15) is 18.4 Å². The molecule has 0 saturated carbocycles. The average Bonchev–Trinajstić information content (AvgIpc) is 3.25. The number of piperidine rings is 1. The molecule has 34 heavy (non-hydrogen) atoms. The molecule has 5 nitrogen and oxygen atoms in total. The second-order valence-electron chi connectivity index (χ2n) is 9.62. The van der Waals surface area contributed by atoms with Gasteiger partial charge in [0.2, 0.25) is 0 Å². The minimum absolute atomic E-state index is 0.190. The minimum Gasteiger partial charge on any atom is -0.350 e. The molecule has 0 atom stereocenters. The molecule has 4 aromatic rings. The van der Waals surface area contributed by atoms with Crippen molar-refractivity contribution in [1.82, 2.24) is 9.47 Å². The van der Waals surface area contributed by atoms with Crippen molar-refractivity contribution >= 4 is 37.4 Å². The SMILES string of the molecule is Cn1cc(CC2CCN(CCN3c4cccc5cccc(c45)S3(=O)=O)CC2)c2cc(F)ccc21. The van der Waals surface area contributed by atoms with E-state index < -0.39 is 10.0 Å². The molecular formula is C27H28FN3O2S. The first-order valence-electron chi connectivity index (χ1n) is 11.9. The molecule has 0 radical (unpaired) electrons. The van der Waals surface area contributed by atoms with Crippen molar-refractivity contribution in [2.45, 2.75) is 24.2 Å². The number of rotatable bonds is 5. The Balaban J connectivity index is 1.11. The van der Waals surface area contributed by atoms with Crippen molar-refractivity contribution in [2.24, 2.45) is 13.0 Å². The lowest BCUT2D eigenvalue weighted by Crippen LogP contribution is -2.41. The predicted octanol–water partition coefficient (Wildman–Crippen LogP) is 4.93. The van der Waals surface area contributed by atoms with Crippen LogP contribution in [0.2, 0.25) is 0 Å². The van der Waals surface area contributed by atoms with Crippen molar-refractivity contribution in [3.05, 3.63) is 72.2 Å². The van der Waals surface area contributed by atoms with Gasteiger partial charge in [0.05, 0.1) is 10.6 Å². The van der Waals surface area contributed by atoms with Gasteiger partial charge in [-0.05, 0) is 79.6 Å². The topological polar surface area (TPSA) is 45.5 Å². The van der Waals surface area contributed by atoms with Crippen LogP contribution in [0.4, 0.5) is 10.1 Å². The summed E-state index contributed by atoms with van der Waals surface area (Å²) in [5.74, 6) is 0.364. The van der Waals surface area contributed by atoms with Gasteiger partial charge in [0.1, 0.15) is 5.82 Å². The number of aromatic nitrogens is 1. The molecule has 6 rings (SSSR count). The normalized spacial score (nSPS) is 18.4. The summed E-state index contributed by atoms with van der Waals surface area (Å²) >= 11 is 0. The highest BCUT2D eigenvalue weighted by Gasteiger charge is 2.35. The zero-order valence-electron chi connectivity index (χ0n) is 19.2. The Morgan fingerprint density at radius 2 is 1.76 bits per heavy atom. The van der Waals surface area contributed by atoms with Gasteiger partial charge in [-0.1, -0.05) is 24.3 Å². The third kappa shape index (κ3) is 3.49. The molecular weight excluding hydrogens is 449 g/mol. The molecule has 2 aliphatic heterocycles. The predicted molar refractivity (Wildman–Crippen MR) is 134 cm³/mol. The van der Waals surface area contributed by atoms with Crippen molar-refractivity contribution < 1.29 is 12.8 Å². The van der Waals surface area contributed by atoms with Crippen LogP contribution >= 0.6 is 0 Å². The zero-order valence-corrected chi connectivity index (χ0v) is 20.1. The van der Waals surface area contributed by atoms with Gasteiger partial charge in [0.25, 0.3) is 10.0 Å². The lowest BCUT2D eigenvalue weighted by atomic mass is 9.90. The number of halogens is 1. The lowest BCUT2D eigenvalue weighted by Gasteiger charge is -2.33. The molecule has 0 unspecified atom stereocenters. The average molecular weight is 478 g/mol. The highest BCUT2D eigenvalue weighted by atomic mass is 32.2. The van der Waals surface area contributed by atoms with Crippen LogP contribution in [0.5, 0.6) is 0 Å². The third-order valence-electron chi connectivity index (χ3n) is 7.55. The Bertz CT molecular complexity index is 1500. The number of sulfonamides is 1. The molecule has 0 spiro atoms. The van der Waals surface area contributed by atoms with E-state index in [1.54, 1.807) is 16.4 Å². The summed E-state index contributed by atoms with van der Waals surface area (Å²) in [4.78, 5) is 2.79. The number of hydrogen-bond donors (Lipinski definition) is 0. The molecule has 0 aliphatic carbocycles. The van der Waals surface area contributed by atoms with Crippen LogP contribution in [0.25, 0.3) is 21.7 Å². The highest BCUT2D eigenvalue weighted by molar-refractivity contribution is 7.93. The maximum Gasteiger partial charge on any atom is 0.265 e. The maximum atomic E-state index is 13.8. The molecule has 0 N–H and O–H groups in total. The molecule has 0 amide bonds. The molecule has 3 heterocycles. The number of aryl methyl sites for hydroxylation is 1. The Kier molecular flexibility index (Phi) is 5.15. The Hall–Kier alpha value is -2.90. The van der Waals surface area contributed by atoms with Crippen molar-refractivity contribution in [3.63, 3.8) is 0 Å². The number of hydrogen-bond acceptors (Lipinski definition) is 3. The summed E-state index contributed by atoms with van der Waals surface area (Å²) in [5.41, 5.74) is 3.08. The van der Waals surface area contributed by atoms with Crippen molar-refractivity contribution in [2.75, 3.05) is 30.5 Å². The summed E-state index contributed by atoms with van der Waals surface area (Å²) in [7, 11) is -1.49. The van der Waals surface area contributed by atoms with Crippen molar-refractivity contribution in [1.29, 1.82) is 0 Å². The van der Waals surface area contributed by atoms with E-state index >= 15 is 0 Å². The fourth-order valence-electron chi connectivity index (χ4n) is 5.76. The van der Waals surface area contributed by atoms with Gasteiger partial charge in [0, 0.05) is 42.6 Å². The fourth-order valence-corrected chi connectivity index (χ4v) is 7.47. The van der Waals surface area contributed by atoms with Gasteiger partial charge in [-0.2, -0.15) is 0 Å². The number of anilines is 1. The molecule has 176 valence electrons. The Labute approximate surface area is 199 Å². The van der Waals surface area contributed by atoms with Crippen LogP contribution in [0.15, 0.2) is 65.7 Å². The number of likely N-dealkylation sites (tertiary alicyclic amines) is 1. The second kappa shape index (κ2) is 8.10. The van der Waals surface area contributed by atoms with Gasteiger partial charge in [-0.3, -0.25) is 4.31 Å². The van der Waals surface area contributed by atoms with E-state index in [2.05, 4.69) is 15.7 Å². The van der Waals surface area contributed by atoms with E-state index in [1.807, 2.05) is 43.4 Å². The second-order valence-corrected chi connectivity index (χ2v) is 11.5. The molecule has 7 heteroatoms. The molecule has 3 aromatic carbocycles. The summed E-state index contributed by atoms with van der Waals surface area (Å²) in [5, 5.41) is 2.82. The summed E-state index contributed by atoms with van der Waals surface area (Å²) < 4.78 is 43.9. The number of benzene rings is 3. The van der Waals surface area contributed by atoms with Gasteiger partial charge in [-0.15, -0.1) is 0 Å². The van der Waals surface area contributed by atoms with Gasteiger partial charge in [0.15, 0.2) is 0 Å². The quantitative estimate of drug-likeness (QED) is 0.409. The maximum absolute atomic E-state index is 13.8. The number of fused-ring (bicyclic) bond motifs is 1. The van der Waals surface area contributed by atoms with E-state index in [1.165, 1.54) is 11.6 Å². The zero-order chi connectivity index (χ0) is 23.4. The van der Waals surface area contributed by atoms with Crippen LogP contribution < -0.4 is 4.31 Å². The van der Waals surface area contributed by atoms with Gasteiger partial charge >= 0.3 is 0 Å². The first-order chi connectivity index (χ1) is 16.4. The standard InChI is InChI=1S/C27H28FN3O2S/c1-29-18-21(23-17-22(28)8-9-24(23)29)16-19-10-12-30(13-11-19)14-15-31-25-6-2-4-20-5-3-7-26(27(20)25)34(31,32)33/h2-9,17-19H,10-16H2,1H3. The largest absolute Gasteiger partial charge is 0.350 e. The monoisotopic (exact) mass is 477 g/mol. The molecule has 2 aliphatic rings. The lowest BCUT2D eigenvalue weighted by molar-refractivity contribution is 0.189. The summed E-state index contributed by atoms with van der Waals surface area (Å²) in [6.45, 7) is 3.09. The van der Waals surface area contributed by atoms with Gasteiger partial charge in [-0.25, -0.2) is 12.8 Å². The highest BCUT2D eigenvalue weighted by Crippen LogP contribution is 2.41. The smallest absolute Gasteiger partial charge is 0.265 e. The summed E-state index contributed by atoms with van der Waals surface area (Å²) in [6, 6.07) is 16.3. The first-order valence-corrected chi connectivity index (χ1v) is 13.4. The van der Waals surface area contributed by atoms with Crippen LogP contribution in [-0.2, 0) is 23.5 Å². The van der Waals surface area contributed by atoms with E-state index in [0.29, 0.717) is 17.4 Å². The Morgan fingerprint density at radius 3 is 2.56 bits per heavy atom. The summed E-state index contributed by atoms with van der Waals surface area (Å²) in [6.07, 6.45) is 5.21. The third-order valence-corrected chi connectivity index (χ3v) is 9.41. The van der Waals surface area contributed by atoms with E-state index in [9.17, 15) is 12.8 Å². The molecule has 1 saturated heterocycles. The number of nitrogens with zero attached hydrogens (tertiary/aromatic N) is 3. The Morgan fingerprint density at radius 1 is 1.00 bits per heavy atom. The van der Waals surface area contributed by atoms with E-state index in [-0.39, 0.29) is 5.82 Å². The molecule has 1 fully saturated rings. The van der Waals surface area contributed by atoms with Crippen molar-refractivity contribution in [3.8, 4) is 0 Å². The minimum atomic E-state index is -3.50. The van der Waals surface area contributed by atoms with Crippen LogP contribution in [0.3, 0.4) is 0 Å². The molecule has 1 aromatic heterocycles. The van der Waals surface area contributed by atoms with E-state index in [0.717, 1.165) is 66.3 Å². The van der Waals surface area contributed by atoms with E-state index in [4.69, 9.17) is 0 Å². The van der Waals surface area contributed by atoms with Crippen LogP contribution in [-0.4, -0.2) is 44.1 Å². The van der Waals surface area contributed by atoms with Gasteiger partial charge < -0.3 is 9.47 Å². The fraction of sp³-hybridized carbons (Fsp3) is 0.333. The molecule has 0 bridgehead atoms. The van der Waals surface area contributed by atoms with Crippen LogP contribution in [0, 0.1) is 11.7 Å². The first kappa shape index (κ1) is 21.6.